The van der Waals surface area contributed by atoms with E-state index in [-0.39, 0.29) is 0 Å². The van der Waals surface area contributed by atoms with Crippen molar-refractivity contribution in [3.8, 4) is 0 Å². The van der Waals surface area contributed by atoms with Gasteiger partial charge in [0, 0.05) is 19.6 Å². The molecule has 2 heteroatoms. The molecule has 1 aromatic rings. The number of hydrogen-bond donors (Lipinski definition) is 1. The van der Waals surface area contributed by atoms with Gasteiger partial charge in [0.05, 0.1) is 0 Å². The first-order valence-electron chi connectivity index (χ1n) is 6.82. The molecule has 0 bridgehead atoms. The molecule has 1 atom stereocenters. The quantitative estimate of drug-likeness (QED) is 0.845. The van der Waals surface area contributed by atoms with Crippen LogP contribution in [0.5, 0.6) is 0 Å². The van der Waals surface area contributed by atoms with Crippen LogP contribution in [0.3, 0.4) is 0 Å². The lowest BCUT2D eigenvalue weighted by Gasteiger charge is -2.16. The van der Waals surface area contributed by atoms with Crippen LogP contribution in [0.4, 0.5) is 0 Å². The second-order valence-electron chi connectivity index (χ2n) is 5.09. The van der Waals surface area contributed by atoms with Gasteiger partial charge in [0.1, 0.15) is 0 Å². The smallest absolute Gasteiger partial charge is 0.0180 e. The SMILES string of the molecule is CCC1CCN(CCc2ccccc2CN)C1. The molecule has 0 spiro atoms. The number of nitrogens with two attached hydrogens (primary N) is 1. The van der Waals surface area contributed by atoms with E-state index >= 15 is 0 Å². The van der Waals surface area contributed by atoms with Crippen molar-refractivity contribution in [2.45, 2.75) is 32.7 Å². The first kappa shape index (κ1) is 12.6. The Labute approximate surface area is 105 Å². The minimum absolute atomic E-state index is 0.660. The van der Waals surface area contributed by atoms with Crippen molar-refractivity contribution < 1.29 is 0 Å². The van der Waals surface area contributed by atoms with Crippen LogP contribution in [0.15, 0.2) is 24.3 Å². The van der Waals surface area contributed by atoms with Gasteiger partial charge < -0.3 is 10.6 Å². The zero-order valence-corrected chi connectivity index (χ0v) is 10.9. The number of hydrogen-bond acceptors (Lipinski definition) is 2. The minimum Gasteiger partial charge on any atom is -0.326 e. The Balaban J connectivity index is 1.85. The van der Waals surface area contributed by atoms with Crippen molar-refractivity contribution in [3.63, 3.8) is 0 Å². The fourth-order valence-corrected chi connectivity index (χ4v) is 2.73. The zero-order valence-electron chi connectivity index (χ0n) is 10.9. The molecular weight excluding hydrogens is 208 g/mol. The number of benzene rings is 1. The molecule has 2 N–H and O–H groups in total. The Morgan fingerprint density at radius 1 is 1.29 bits per heavy atom. The van der Waals surface area contributed by atoms with Gasteiger partial charge in [0.15, 0.2) is 0 Å². The van der Waals surface area contributed by atoms with E-state index in [0.717, 1.165) is 12.3 Å². The molecule has 0 saturated carbocycles. The Morgan fingerprint density at radius 3 is 2.71 bits per heavy atom. The first-order valence-corrected chi connectivity index (χ1v) is 6.82. The van der Waals surface area contributed by atoms with Crippen LogP contribution >= 0.6 is 0 Å². The lowest BCUT2D eigenvalue weighted by molar-refractivity contribution is 0.326. The van der Waals surface area contributed by atoms with Crippen molar-refractivity contribution in [3.05, 3.63) is 35.4 Å². The van der Waals surface area contributed by atoms with Gasteiger partial charge in [-0.1, -0.05) is 37.6 Å². The van der Waals surface area contributed by atoms with Crippen LogP contribution < -0.4 is 5.73 Å². The molecular formula is C15H24N2. The average molecular weight is 232 g/mol. The van der Waals surface area contributed by atoms with E-state index in [4.69, 9.17) is 5.73 Å². The summed E-state index contributed by atoms with van der Waals surface area (Å²) in [4.78, 5) is 2.60. The topological polar surface area (TPSA) is 29.3 Å². The summed E-state index contributed by atoms with van der Waals surface area (Å²) in [5.74, 6) is 0.930. The van der Waals surface area contributed by atoms with Gasteiger partial charge in [0.25, 0.3) is 0 Å². The number of nitrogens with zero attached hydrogens (tertiary/aromatic N) is 1. The normalized spacial score (nSPS) is 20.9. The third kappa shape index (κ3) is 3.30. The van der Waals surface area contributed by atoms with Crippen LogP contribution in [0, 0.1) is 5.92 Å². The molecule has 2 nitrogen and oxygen atoms in total. The third-order valence-corrected chi connectivity index (χ3v) is 3.98. The Hall–Kier alpha value is -0.860. The summed E-state index contributed by atoms with van der Waals surface area (Å²) in [6.07, 6.45) is 3.86. The molecule has 17 heavy (non-hydrogen) atoms. The van der Waals surface area contributed by atoms with E-state index in [0.29, 0.717) is 6.54 Å². The van der Waals surface area contributed by atoms with Crippen molar-refractivity contribution >= 4 is 0 Å². The van der Waals surface area contributed by atoms with E-state index in [9.17, 15) is 0 Å². The highest BCUT2D eigenvalue weighted by atomic mass is 15.1. The highest BCUT2D eigenvalue weighted by Crippen LogP contribution is 2.19. The van der Waals surface area contributed by atoms with E-state index in [1.165, 1.54) is 43.6 Å². The highest BCUT2D eigenvalue weighted by Gasteiger charge is 2.20. The molecule has 1 aliphatic heterocycles. The van der Waals surface area contributed by atoms with Gasteiger partial charge >= 0.3 is 0 Å². The monoisotopic (exact) mass is 232 g/mol. The zero-order chi connectivity index (χ0) is 12.1. The van der Waals surface area contributed by atoms with Gasteiger partial charge in [-0.3, -0.25) is 0 Å². The summed E-state index contributed by atoms with van der Waals surface area (Å²) in [6, 6.07) is 8.56. The van der Waals surface area contributed by atoms with Crippen LogP contribution in [0.25, 0.3) is 0 Å². The molecule has 0 aromatic heterocycles. The number of rotatable bonds is 5. The molecule has 1 unspecified atom stereocenters. The maximum atomic E-state index is 5.76. The highest BCUT2D eigenvalue weighted by molar-refractivity contribution is 5.27. The van der Waals surface area contributed by atoms with Crippen molar-refractivity contribution in [1.82, 2.24) is 4.90 Å². The van der Waals surface area contributed by atoms with E-state index in [1.807, 2.05) is 0 Å². The third-order valence-electron chi connectivity index (χ3n) is 3.98. The standard InChI is InChI=1S/C15H24N2/c1-2-13-7-9-17(12-13)10-8-14-5-3-4-6-15(14)11-16/h3-6,13H,2,7-12,16H2,1H3. The predicted octanol–water partition coefficient (Wildman–Crippen LogP) is 2.42. The first-order chi connectivity index (χ1) is 8.33. The fourth-order valence-electron chi connectivity index (χ4n) is 2.73. The molecule has 1 heterocycles. The molecule has 0 amide bonds. The second-order valence-corrected chi connectivity index (χ2v) is 5.09. The predicted molar refractivity (Wildman–Crippen MR) is 72.9 cm³/mol. The van der Waals surface area contributed by atoms with E-state index < -0.39 is 0 Å². The summed E-state index contributed by atoms with van der Waals surface area (Å²) in [5.41, 5.74) is 8.49. The Morgan fingerprint density at radius 2 is 2.06 bits per heavy atom. The van der Waals surface area contributed by atoms with Crippen LogP contribution in [0.1, 0.15) is 30.9 Å². The summed E-state index contributed by atoms with van der Waals surface area (Å²) < 4.78 is 0. The maximum Gasteiger partial charge on any atom is 0.0180 e. The summed E-state index contributed by atoms with van der Waals surface area (Å²) in [5, 5.41) is 0. The summed E-state index contributed by atoms with van der Waals surface area (Å²) in [7, 11) is 0. The molecule has 0 aliphatic carbocycles. The van der Waals surface area contributed by atoms with Gasteiger partial charge in [-0.05, 0) is 36.4 Å². The molecule has 2 rings (SSSR count). The Kier molecular flexibility index (Phi) is 4.57. The van der Waals surface area contributed by atoms with E-state index in [1.54, 1.807) is 0 Å². The van der Waals surface area contributed by atoms with Gasteiger partial charge in [-0.2, -0.15) is 0 Å². The maximum absolute atomic E-state index is 5.76. The molecule has 94 valence electrons. The summed E-state index contributed by atoms with van der Waals surface area (Å²) in [6.45, 7) is 6.73. The Bertz CT molecular complexity index is 349. The molecule has 0 radical (unpaired) electrons. The largest absolute Gasteiger partial charge is 0.326 e. The average Bonchev–Trinajstić information content (AvgIpc) is 2.84. The van der Waals surface area contributed by atoms with Crippen molar-refractivity contribution in [1.29, 1.82) is 0 Å². The van der Waals surface area contributed by atoms with Crippen LogP contribution in [0.2, 0.25) is 0 Å². The van der Waals surface area contributed by atoms with Crippen LogP contribution in [-0.4, -0.2) is 24.5 Å². The van der Waals surface area contributed by atoms with E-state index in [2.05, 4.69) is 36.1 Å². The molecule has 1 saturated heterocycles. The lowest BCUT2D eigenvalue weighted by Crippen LogP contribution is -2.23. The van der Waals surface area contributed by atoms with Crippen molar-refractivity contribution in [2.24, 2.45) is 11.7 Å². The van der Waals surface area contributed by atoms with Gasteiger partial charge in [-0.25, -0.2) is 0 Å². The lowest BCUT2D eigenvalue weighted by atomic mass is 10.0. The number of likely N-dealkylation sites (tertiary alicyclic amines) is 1. The van der Waals surface area contributed by atoms with Gasteiger partial charge in [0.2, 0.25) is 0 Å². The van der Waals surface area contributed by atoms with Gasteiger partial charge in [-0.15, -0.1) is 0 Å². The second kappa shape index (κ2) is 6.18. The van der Waals surface area contributed by atoms with Crippen molar-refractivity contribution in [2.75, 3.05) is 19.6 Å². The molecule has 1 aromatic carbocycles. The summed E-state index contributed by atoms with van der Waals surface area (Å²) >= 11 is 0. The minimum atomic E-state index is 0.660. The molecule has 1 aliphatic rings. The van der Waals surface area contributed by atoms with Crippen LogP contribution in [-0.2, 0) is 13.0 Å². The fraction of sp³-hybridized carbons (Fsp3) is 0.600. The molecule has 1 fully saturated rings.